The number of ether oxygens (including phenoxy) is 3. The van der Waals surface area contributed by atoms with Crippen LogP contribution in [0, 0.1) is 0 Å². The van der Waals surface area contributed by atoms with Gasteiger partial charge in [0, 0.05) is 39.0 Å². The van der Waals surface area contributed by atoms with Crippen LogP contribution in [0.3, 0.4) is 0 Å². The molecule has 0 spiro atoms. The molecule has 1 aromatic heterocycles. The molecule has 0 amide bonds. The van der Waals surface area contributed by atoms with E-state index in [9.17, 15) is 4.79 Å². The van der Waals surface area contributed by atoms with Gasteiger partial charge in [0.15, 0.2) is 11.5 Å². The van der Waals surface area contributed by atoms with Gasteiger partial charge >= 0.3 is 5.97 Å². The number of hydrogen-bond acceptors (Lipinski definition) is 10. The first kappa shape index (κ1) is 21.4. The Morgan fingerprint density at radius 3 is 2.38 bits per heavy atom. The second-order valence-electron chi connectivity index (χ2n) is 7.28. The predicted octanol–water partition coefficient (Wildman–Crippen LogP) is 2.62. The number of anilines is 3. The lowest BCUT2D eigenvalue weighted by Gasteiger charge is -2.31. The van der Waals surface area contributed by atoms with E-state index < -0.39 is 0 Å². The molecular weight excluding hydrogens is 412 g/mol. The third-order valence-electron chi connectivity index (χ3n) is 5.04. The summed E-state index contributed by atoms with van der Waals surface area (Å²) in [6, 6.07) is 5.06. The van der Waals surface area contributed by atoms with E-state index in [1.807, 2.05) is 0 Å². The van der Waals surface area contributed by atoms with Crippen LogP contribution < -0.4 is 25.0 Å². The summed E-state index contributed by atoms with van der Waals surface area (Å²) in [6.07, 6.45) is 4.64. The quantitative estimate of drug-likeness (QED) is 0.448. The van der Waals surface area contributed by atoms with E-state index in [2.05, 4.69) is 43.6 Å². The van der Waals surface area contributed by atoms with Crippen molar-refractivity contribution in [1.29, 1.82) is 0 Å². The summed E-state index contributed by atoms with van der Waals surface area (Å²) in [7, 11) is 0. The van der Waals surface area contributed by atoms with Crippen LogP contribution in [0.5, 0.6) is 11.5 Å². The van der Waals surface area contributed by atoms with Gasteiger partial charge in [-0.05, 0) is 18.2 Å². The molecule has 4 rings (SSSR count). The number of nitrogens with zero attached hydrogens (tertiary/aromatic N) is 4. The number of carbonyl (C=O) groups excluding carboxylic acids is 1. The molecule has 2 aromatic rings. The Labute approximate surface area is 186 Å². The molecule has 0 bridgehead atoms. The molecule has 2 aliphatic heterocycles. The van der Waals surface area contributed by atoms with Gasteiger partial charge in [0.1, 0.15) is 6.10 Å². The zero-order valence-electron chi connectivity index (χ0n) is 17.7. The van der Waals surface area contributed by atoms with E-state index >= 15 is 0 Å². The van der Waals surface area contributed by atoms with Crippen LogP contribution in [0.25, 0.3) is 0 Å². The molecule has 3 heterocycles. The van der Waals surface area contributed by atoms with Gasteiger partial charge < -0.3 is 29.7 Å². The molecule has 10 nitrogen and oxygen atoms in total. The van der Waals surface area contributed by atoms with Crippen LogP contribution in [-0.2, 0) is 4.74 Å². The van der Waals surface area contributed by atoms with E-state index in [-0.39, 0.29) is 18.9 Å². The van der Waals surface area contributed by atoms with E-state index in [1.54, 1.807) is 30.4 Å². The molecule has 1 aromatic carbocycles. The number of benzene rings is 1. The van der Waals surface area contributed by atoms with Crippen molar-refractivity contribution >= 4 is 23.8 Å². The van der Waals surface area contributed by atoms with Crippen molar-refractivity contribution in [3.05, 3.63) is 49.1 Å². The van der Waals surface area contributed by atoms with E-state index in [0.29, 0.717) is 73.9 Å². The first-order valence-electron chi connectivity index (χ1n) is 10.5. The van der Waals surface area contributed by atoms with Gasteiger partial charge in [0.05, 0.1) is 5.56 Å². The molecule has 2 aliphatic rings. The van der Waals surface area contributed by atoms with E-state index in [0.717, 1.165) is 0 Å². The zero-order chi connectivity index (χ0) is 22.3. The molecule has 0 aliphatic carbocycles. The molecular formula is C22H26N6O4. The number of nitrogens with one attached hydrogen (secondary N) is 2. The number of rotatable bonds is 9. The maximum atomic E-state index is 12.6. The number of piperidine rings is 1. The van der Waals surface area contributed by atoms with Crippen LogP contribution in [-0.4, -0.2) is 60.0 Å². The summed E-state index contributed by atoms with van der Waals surface area (Å²) < 4.78 is 16.3. The average molecular weight is 438 g/mol. The van der Waals surface area contributed by atoms with Crippen LogP contribution >= 0.6 is 0 Å². The molecule has 1 saturated heterocycles. The van der Waals surface area contributed by atoms with Crippen molar-refractivity contribution in [3.8, 4) is 11.5 Å². The lowest BCUT2D eigenvalue weighted by Crippen LogP contribution is -2.39. The third-order valence-corrected chi connectivity index (χ3v) is 5.04. The minimum Gasteiger partial charge on any atom is -0.459 e. The van der Waals surface area contributed by atoms with Gasteiger partial charge in [0.2, 0.25) is 24.6 Å². The second-order valence-corrected chi connectivity index (χ2v) is 7.28. The molecule has 2 N–H and O–H groups in total. The van der Waals surface area contributed by atoms with Gasteiger partial charge in [0.25, 0.3) is 0 Å². The lowest BCUT2D eigenvalue weighted by atomic mass is 10.1. The Bertz CT molecular complexity index is 960. The number of hydrogen-bond donors (Lipinski definition) is 2. The van der Waals surface area contributed by atoms with E-state index in [4.69, 9.17) is 14.2 Å². The fourth-order valence-corrected chi connectivity index (χ4v) is 3.41. The molecule has 0 unspecified atom stereocenters. The van der Waals surface area contributed by atoms with Crippen molar-refractivity contribution in [3.63, 3.8) is 0 Å². The maximum absolute atomic E-state index is 12.6. The van der Waals surface area contributed by atoms with Crippen LogP contribution in [0.2, 0.25) is 0 Å². The molecule has 1 fully saturated rings. The van der Waals surface area contributed by atoms with Gasteiger partial charge in [-0.15, -0.1) is 13.2 Å². The Hall–Kier alpha value is -3.82. The topological polar surface area (TPSA) is 111 Å². The Balaban J connectivity index is 1.36. The van der Waals surface area contributed by atoms with Gasteiger partial charge in [-0.1, -0.05) is 12.2 Å². The fourth-order valence-electron chi connectivity index (χ4n) is 3.41. The normalized spacial score (nSPS) is 15.2. The molecule has 0 saturated carbocycles. The predicted molar refractivity (Wildman–Crippen MR) is 120 cm³/mol. The van der Waals surface area contributed by atoms with Gasteiger partial charge in [-0.2, -0.15) is 15.0 Å². The van der Waals surface area contributed by atoms with Crippen molar-refractivity contribution < 1.29 is 19.0 Å². The summed E-state index contributed by atoms with van der Waals surface area (Å²) in [5.74, 6) is 2.34. The highest BCUT2D eigenvalue weighted by Gasteiger charge is 2.26. The molecule has 0 atom stereocenters. The SMILES string of the molecule is C=CCNc1nc(NCC=C)nc(N2CCC(OC(=O)c3ccc4c(c3)OCO4)CC2)n1. The monoisotopic (exact) mass is 438 g/mol. The molecule has 168 valence electrons. The Kier molecular flexibility index (Phi) is 6.69. The highest BCUT2D eigenvalue weighted by Crippen LogP contribution is 2.33. The van der Waals surface area contributed by atoms with Crippen molar-refractivity contribution in [2.24, 2.45) is 0 Å². The summed E-state index contributed by atoms with van der Waals surface area (Å²) in [5, 5.41) is 6.20. The standard InChI is InChI=1S/C22H26N6O4/c1-3-9-23-20-25-21(24-10-4-2)27-22(26-20)28-11-7-16(8-12-28)32-19(29)15-5-6-17-18(13-15)31-14-30-17/h3-6,13,16H,1-2,7-12,14H2,(H2,23,24,25,26,27). The zero-order valence-corrected chi connectivity index (χ0v) is 17.7. The smallest absolute Gasteiger partial charge is 0.338 e. The third kappa shape index (κ3) is 5.08. The summed E-state index contributed by atoms with van der Waals surface area (Å²) in [6.45, 7) is 9.98. The first-order valence-corrected chi connectivity index (χ1v) is 10.5. The number of fused-ring (bicyclic) bond motifs is 1. The number of aromatic nitrogens is 3. The highest BCUT2D eigenvalue weighted by atomic mass is 16.7. The Morgan fingerprint density at radius 1 is 1.06 bits per heavy atom. The van der Waals surface area contributed by atoms with Gasteiger partial charge in [-0.3, -0.25) is 0 Å². The fraction of sp³-hybridized carbons (Fsp3) is 0.364. The number of esters is 1. The number of carbonyl (C=O) groups is 1. The first-order chi connectivity index (χ1) is 15.7. The van der Waals surface area contributed by atoms with Crippen LogP contribution in [0.15, 0.2) is 43.5 Å². The molecule has 0 radical (unpaired) electrons. The Morgan fingerprint density at radius 2 is 1.72 bits per heavy atom. The lowest BCUT2D eigenvalue weighted by molar-refractivity contribution is 0.0244. The van der Waals surface area contributed by atoms with Gasteiger partial charge in [-0.25, -0.2) is 4.79 Å². The van der Waals surface area contributed by atoms with Crippen LogP contribution in [0.4, 0.5) is 17.8 Å². The van der Waals surface area contributed by atoms with Crippen molar-refractivity contribution in [1.82, 2.24) is 15.0 Å². The minimum atomic E-state index is -0.367. The largest absolute Gasteiger partial charge is 0.459 e. The molecule has 10 heteroatoms. The van der Waals surface area contributed by atoms with Crippen molar-refractivity contribution in [2.75, 3.05) is 48.5 Å². The minimum absolute atomic E-state index is 0.166. The summed E-state index contributed by atoms with van der Waals surface area (Å²) >= 11 is 0. The summed E-state index contributed by atoms with van der Waals surface area (Å²) in [5.41, 5.74) is 0.449. The summed E-state index contributed by atoms with van der Waals surface area (Å²) in [4.78, 5) is 28.0. The second kappa shape index (κ2) is 9.99. The maximum Gasteiger partial charge on any atom is 0.338 e. The molecule has 32 heavy (non-hydrogen) atoms. The van der Waals surface area contributed by atoms with Crippen LogP contribution in [0.1, 0.15) is 23.2 Å². The highest BCUT2D eigenvalue weighted by molar-refractivity contribution is 5.90. The van der Waals surface area contributed by atoms with Crippen molar-refractivity contribution in [2.45, 2.75) is 18.9 Å². The average Bonchev–Trinajstić information content (AvgIpc) is 3.30. The van der Waals surface area contributed by atoms with E-state index in [1.165, 1.54) is 0 Å².